The van der Waals surface area contributed by atoms with Gasteiger partial charge in [0.15, 0.2) is 0 Å². The number of nitrogens with one attached hydrogen (secondary N) is 2. The van der Waals surface area contributed by atoms with Crippen molar-refractivity contribution in [2.45, 2.75) is 33.1 Å². The third kappa shape index (κ3) is 6.78. The first-order valence-electron chi connectivity index (χ1n) is 6.83. The number of benzene rings is 1. The van der Waals surface area contributed by atoms with Gasteiger partial charge in [0.25, 0.3) is 0 Å². The lowest BCUT2D eigenvalue weighted by Gasteiger charge is -2.09. The molecule has 0 saturated heterocycles. The molecule has 0 aliphatic rings. The van der Waals surface area contributed by atoms with Crippen LogP contribution in [0.25, 0.3) is 0 Å². The molecular weight excluding hydrogens is 256 g/mol. The highest BCUT2D eigenvalue weighted by molar-refractivity contribution is 5.89. The number of carbonyl (C=O) groups excluding carboxylic acids is 1. The second kappa shape index (κ2) is 8.19. The molecular formula is C15H22N2O3. The highest BCUT2D eigenvalue weighted by atomic mass is 16.4. The molecule has 5 heteroatoms. The van der Waals surface area contributed by atoms with Crippen LogP contribution in [0.15, 0.2) is 24.3 Å². The van der Waals surface area contributed by atoms with Crippen LogP contribution in [0, 0.1) is 5.92 Å². The number of carbonyl (C=O) groups is 2. The van der Waals surface area contributed by atoms with E-state index in [9.17, 15) is 9.59 Å². The fourth-order valence-electron chi connectivity index (χ4n) is 1.71. The molecule has 3 N–H and O–H groups in total. The van der Waals surface area contributed by atoms with E-state index in [1.807, 2.05) is 6.07 Å². The summed E-state index contributed by atoms with van der Waals surface area (Å²) in [6, 6.07) is 7.00. The number of hydrogen-bond acceptors (Lipinski definition) is 2. The number of urea groups is 1. The highest BCUT2D eigenvalue weighted by Gasteiger charge is 2.04. The lowest BCUT2D eigenvalue weighted by molar-refractivity contribution is -0.136. The summed E-state index contributed by atoms with van der Waals surface area (Å²) in [4.78, 5) is 22.2. The van der Waals surface area contributed by atoms with Gasteiger partial charge in [-0.25, -0.2) is 4.79 Å². The molecule has 2 amide bonds. The van der Waals surface area contributed by atoms with Crippen molar-refractivity contribution in [3.05, 3.63) is 29.8 Å². The minimum atomic E-state index is -0.824. The van der Waals surface area contributed by atoms with Crippen LogP contribution in [0.5, 0.6) is 0 Å². The monoisotopic (exact) mass is 278 g/mol. The standard InChI is InChI=1S/C15H22N2O3/c1-11(2)8-9-16-15(20)17-13-5-3-4-12(10-13)6-7-14(18)19/h3-5,10-11H,6-9H2,1-2H3,(H,18,19)(H2,16,17,20). The summed E-state index contributed by atoms with van der Waals surface area (Å²) >= 11 is 0. The maximum absolute atomic E-state index is 11.7. The van der Waals surface area contributed by atoms with Crippen LogP contribution in [0.2, 0.25) is 0 Å². The van der Waals surface area contributed by atoms with Crippen molar-refractivity contribution in [2.24, 2.45) is 5.92 Å². The van der Waals surface area contributed by atoms with Gasteiger partial charge in [-0.2, -0.15) is 0 Å². The van der Waals surface area contributed by atoms with Gasteiger partial charge in [0.2, 0.25) is 0 Å². The van der Waals surface area contributed by atoms with Crippen molar-refractivity contribution < 1.29 is 14.7 Å². The Bertz CT molecular complexity index is 458. The van der Waals surface area contributed by atoms with Crippen molar-refractivity contribution in [3.8, 4) is 0 Å². The van der Waals surface area contributed by atoms with Crippen LogP contribution in [0.4, 0.5) is 10.5 Å². The quantitative estimate of drug-likeness (QED) is 0.717. The number of amides is 2. The molecule has 0 atom stereocenters. The zero-order valence-corrected chi connectivity index (χ0v) is 12.0. The van der Waals surface area contributed by atoms with E-state index in [0.717, 1.165) is 12.0 Å². The number of aryl methyl sites for hydroxylation is 1. The maximum Gasteiger partial charge on any atom is 0.319 e. The molecule has 0 bridgehead atoms. The molecule has 1 aromatic carbocycles. The fourth-order valence-corrected chi connectivity index (χ4v) is 1.71. The van der Waals surface area contributed by atoms with Crippen molar-refractivity contribution in [1.82, 2.24) is 5.32 Å². The summed E-state index contributed by atoms with van der Waals surface area (Å²) in [5, 5.41) is 14.2. The molecule has 0 aromatic heterocycles. The topological polar surface area (TPSA) is 78.4 Å². The molecule has 0 spiro atoms. The number of carboxylic acid groups (broad SMARTS) is 1. The Morgan fingerprint density at radius 2 is 2.05 bits per heavy atom. The van der Waals surface area contributed by atoms with E-state index in [2.05, 4.69) is 24.5 Å². The van der Waals surface area contributed by atoms with E-state index in [1.54, 1.807) is 18.2 Å². The Morgan fingerprint density at radius 3 is 2.70 bits per heavy atom. The Morgan fingerprint density at radius 1 is 1.30 bits per heavy atom. The zero-order valence-electron chi connectivity index (χ0n) is 12.0. The van der Waals surface area contributed by atoms with E-state index >= 15 is 0 Å². The number of aliphatic carboxylic acids is 1. The normalized spacial score (nSPS) is 10.3. The summed E-state index contributed by atoms with van der Waals surface area (Å²) < 4.78 is 0. The molecule has 5 nitrogen and oxygen atoms in total. The Hall–Kier alpha value is -2.04. The second-order valence-electron chi connectivity index (χ2n) is 5.16. The largest absolute Gasteiger partial charge is 0.481 e. The van der Waals surface area contributed by atoms with E-state index in [4.69, 9.17) is 5.11 Å². The molecule has 0 unspecified atom stereocenters. The molecule has 1 aromatic rings. The van der Waals surface area contributed by atoms with E-state index in [1.165, 1.54) is 0 Å². The van der Waals surface area contributed by atoms with Gasteiger partial charge in [0.05, 0.1) is 0 Å². The predicted molar refractivity (Wildman–Crippen MR) is 78.9 cm³/mol. The first kappa shape index (κ1) is 16.0. The third-order valence-electron chi connectivity index (χ3n) is 2.82. The van der Waals surface area contributed by atoms with Crippen LogP contribution < -0.4 is 10.6 Å². The maximum atomic E-state index is 11.7. The first-order chi connectivity index (χ1) is 9.47. The van der Waals surface area contributed by atoms with Gasteiger partial charge in [0, 0.05) is 18.7 Å². The molecule has 0 radical (unpaired) electrons. The number of carboxylic acids is 1. The minimum Gasteiger partial charge on any atom is -0.481 e. The highest BCUT2D eigenvalue weighted by Crippen LogP contribution is 2.12. The number of rotatable bonds is 7. The van der Waals surface area contributed by atoms with Crippen LogP contribution >= 0.6 is 0 Å². The van der Waals surface area contributed by atoms with Gasteiger partial charge in [-0.3, -0.25) is 4.79 Å². The minimum absolute atomic E-state index is 0.0873. The van der Waals surface area contributed by atoms with Gasteiger partial charge >= 0.3 is 12.0 Å². The first-order valence-corrected chi connectivity index (χ1v) is 6.83. The predicted octanol–water partition coefficient (Wildman–Crippen LogP) is 2.87. The molecule has 110 valence electrons. The third-order valence-corrected chi connectivity index (χ3v) is 2.82. The van der Waals surface area contributed by atoms with E-state index in [0.29, 0.717) is 24.6 Å². The molecule has 0 aliphatic heterocycles. The van der Waals surface area contributed by atoms with Crippen molar-refractivity contribution in [1.29, 1.82) is 0 Å². The van der Waals surface area contributed by atoms with Crippen molar-refractivity contribution in [3.63, 3.8) is 0 Å². The molecule has 1 rings (SSSR count). The molecule has 0 heterocycles. The van der Waals surface area contributed by atoms with Gasteiger partial charge in [-0.05, 0) is 36.5 Å². The van der Waals surface area contributed by atoms with Gasteiger partial charge in [-0.1, -0.05) is 26.0 Å². The summed E-state index contributed by atoms with van der Waals surface area (Å²) in [5.74, 6) is -0.274. The Balaban J connectivity index is 2.44. The summed E-state index contributed by atoms with van der Waals surface area (Å²) in [7, 11) is 0. The summed E-state index contributed by atoms with van der Waals surface area (Å²) in [5.41, 5.74) is 1.57. The van der Waals surface area contributed by atoms with Gasteiger partial charge in [-0.15, -0.1) is 0 Å². The average molecular weight is 278 g/mol. The van der Waals surface area contributed by atoms with Crippen LogP contribution in [-0.4, -0.2) is 23.7 Å². The lowest BCUT2D eigenvalue weighted by Crippen LogP contribution is -2.30. The lowest BCUT2D eigenvalue weighted by atomic mass is 10.1. The Labute approximate surface area is 119 Å². The number of hydrogen-bond donors (Lipinski definition) is 3. The number of anilines is 1. The zero-order chi connectivity index (χ0) is 15.0. The van der Waals surface area contributed by atoms with Gasteiger partial charge in [0.1, 0.15) is 0 Å². The average Bonchev–Trinajstić information content (AvgIpc) is 2.36. The molecule has 0 fully saturated rings. The smallest absolute Gasteiger partial charge is 0.319 e. The molecule has 0 saturated carbocycles. The van der Waals surface area contributed by atoms with Crippen LogP contribution in [-0.2, 0) is 11.2 Å². The molecule has 20 heavy (non-hydrogen) atoms. The second-order valence-corrected chi connectivity index (χ2v) is 5.16. The van der Waals surface area contributed by atoms with Gasteiger partial charge < -0.3 is 15.7 Å². The molecule has 0 aliphatic carbocycles. The van der Waals surface area contributed by atoms with Crippen LogP contribution in [0.1, 0.15) is 32.3 Å². The van der Waals surface area contributed by atoms with E-state index in [-0.39, 0.29) is 12.5 Å². The van der Waals surface area contributed by atoms with Crippen LogP contribution in [0.3, 0.4) is 0 Å². The fraction of sp³-hybridized carbons (Fsp3) is 0.467. The summed E-state index contributed by atoms with van der Waals surface area (Å²) in [6.45, 7) is 4.85. The van der Waals surface area contributed by atoms with Crippen molar-refractivity contribution >= 4 is 17.7 Å². The van der Waals surface area contributed by atoms with Crippen molar-refractivity contribution in [2.75, 3.05) is 11.9 Å². The SMILES string of the molecule is CC(C)CCNC(=O)Nc1cccc(CCC(=O)O)c1. The van der Waals surface area contributed by atoms with E-state index < -0.39 is 5.97 Å². The Kier molecular flexibility index (Phi) is 6.56. The summed E-state index contributed by atoms with van der Waals surface area (Å²) in [6.07, 6.45) is 1.48.